The van der Waals surface area contributed by atoms with Gasteiger partial charge in [-0.05, 0) is 24.7 Å². The third kappa shape index (κ3) is 1.34. The first-order chi connectivity index (χ1) is 7.84. The Hall–Kier alpha value is -1.39. The average Bonchev–Trinajstić information content (AvgIpc) is 2.70. The Morgan fingerprint density at radius 2 is 2.31 bits per heavy atom. The second-order valence-electron chi connectivity index (χ2n) is 4.34. The standard InChI is InChI=1S/C12H14N2O2/c1-13-5-12(6-15-7-12)9-2-3-10-11(4-9)16-8-14-10/h2-4,8,13H,5-7H2,1H3. The second kappa shape index (κ2) is 3.57. The van der Waals surface area contributed by atoms with E-state index in [-0.39, 0.29) is 5.41 Å². The summed E-state index contributed by atoms with van der Waals surface area (Å²) in [6.07, 6.45) is 1.48. The third-order valence-corrected chi connectivity index (χ3v) is 3.22. The lowest BCUT2D eigenvalue weighted by atomic mass is 9.78. The minimum Gasteiger partial charge on any atom is -0.443 e. The molecule has 3 rings (SSSR count). The van der Waals surface area contributed by atoms with Crippen molar-refractivity contribution in [3.63, 3.8) is 0 Å². The smallest absolute Gasteiger partial charge is 0.181 e. The number of aromatic nitrogens is 1. The summed E-state index contributed by atoms with van der Waals surface area (Å²) in [6.45, 7) is 2.47. The Balaban J connectivity index is 2.03. The number of rotatable bonds is 3. The first-order valence-corrected chi connectivity index (χ1v) is 5.40. The van der Waals surface area contributed by atoms with Crippen LogP contribution in [0.3, 0.4) is 0 Å². The fraction of sp³-hybridized carbons (Fsp3) is 0.417. The molecule has 1 aromatic heterocycles. The topological polar surface area (TPSA) is 47.3 Å². The molecule has 1 aliphatic heterocycles. The van der Waals surface area contributed by atoms with Crippen molar-refractivity contribution in [3.8, 4) is 0 Å². The van der Waals surface area contributed by atoms with Gasteiger partial charge in [-0.25, -0.2) is 4.98 Å². The van der Waals surface area contributed by atoms with E-state index in [1.165, 1.54) is 12.0 Å². The SMILES string of the molecule is CNCC1(c2ccc3ncoc3c2)COC1. The van der Waals surface area contributed by atoms with E-state index in [9.17, 15) is 0 Å². The lowest BCUT2D eigenvalue weighted by molar-refractivity contribution is -0.0582. The summed E-state index contributed by atoms with van der Waals surface area (Å²) < 4.78 is 10.7. The van der Waals surface area contributed by atoms with Crippen LogP contribution in [0.15, 0.2) is 29.0 Å². The van der Waals surface area contributed by atoms with Gasteiger partial charge in [0.05, 0.1) is 18.6 Å². The molecule has 2 heterocycles. The van der Waals surface area contributed by atoms with E-state index in [1.54, 1.807) is 0 Å². The number of oxazole rings is 1. The van der Waals surface area contributed by atoms with Gasteiger partial charge in [-0.2, -0.15) is 0 Å². The zero-order valence-corrected chi connectivity index (χ0v) is 9.19. The molecule has 0 saturated carbocycles. The number of ether oxygens (including phenoxy) is 1. The molecule has 0 spiro atoms. The van der Waals surface area contributed by atoms with E-state index >= 15 is 0 Å². The predicted molar refractivity (Wildman–Crippen MR) is 60.4 cm³/mol. The lowest BCUT2D eigenvalue weighted by Gasteiger charge is -2.41. The summed E-state index contributed by atoms with van der Waals surface area (Å²) in [7, 11) is 1.97. The fourth-order valence-corrected chi connectivity index (χ4v) is 2.24. The van der Waals surface area contributed by atoms with E-state index in [4.69, 9.17) is 9.15 Å². The largest absolute Gasteiger partial charge is 0.443 e. The van der Waals surface area contributed by atoms with Gasteiger partial charge in [0, 0.05) is 6.54 Å². The van der Waals surface area contributed by atoms with E-state index in [0.717, 1.165) is 30.9 Å². The van der Waals surface area contributed by atoms with Crippen molar-refractivity contribution in [2.24, 2.45) is 0 Å². The van der Waals surface area contributed by atoms with Crippen LogP contribution in [-0.2, 0) is 10.2 Å². The molecule has 0 amide bonds. The number of nitrogens with one attached hydrogen (secondary N) is 1. The summed E-state index contributed by atoms with van der Waals surface area (Å²) in [6, 6.07) is 6.19. The van der Waals surface area contributed by atoms with Crippen molar-refractivity contribution in [1.82, 2.24) is 10.3 Å². The van der Waals surface area contributed by atoms with Gasteiger partial charge in [0.2, 0.25) is 0 Å². The zero-order chi connectivity index (χ0) is 11.0. The molecule has 0 unspecified atom stereocenters. The van der Waals surface area contributed by atoms with Crippen LogP contribution in [0.4, 0.5) is 0 Å². The molecule has 0 atom stereocenters. The van der Waals surface area contributed by atoms with Gasteiger partial charge >= 0.3 is 0 Å². The van der Waals surface area contributed by atoms with Gasteiger partial charge in [0.1, 0.15) is 5.52 Å². The second-order valence-corrected chi connectivity index (χ2v) is 4.34. The number of hydrogen-bond acceptors (Lipinski definition) is 4. The number of nitrogens with zero attached hydrogens (tertiary/aromatic N) is 1. The summed E-state index contributed by atoms with van der Waals surface area (Å²) >= 11 is 0. The van der Waals surface area contributed by atoms with Crippen molar-refractivity contribution in [2.45, 2.75) is 5.41 Å². The van der Waals surface area contributed by atoms with Gasteiger partial charge in [-0.1, -0.05) is 6.07 Å². The number of likely N-dealkylation sites (N-methyl/N-ethyl adjacent to an activating group) is 1. The molecule has 1 saturated heterocycles. The maximum absolute atomic E-state index is 5.35. The van der Waals surface area contributed by atoms with Crippen molar-refractivity contribution in [3.05, 3.63) is 30.2 Å². The number of benzene rings is 1. The summed E-state index contributed by atoms with van der Waals surface area (Å²) in [5, 5.41) is 3.22. The highest BCUT2D eigenvalue weighted by atomic mass is 16.5. The van der Waals surface area contributed by atoms with Crippen molar-refractivity contribution in [2.75, 3.05) is 26.8 Å². The Kier molecular flexibility index (Phi) is 2.19. The minimum absolute atomic E-state index is 0.107. The molecule has 1 aliphatic rings. The van der Waals surface area contributed by atoms with Crippen LogP contribution < -0.4 is 5.32 Å². The van der Waals surface area contributed by atoms with Gasteiger partial charge < -0.3 is 14.5 Å². The third-order valence-electron chi connectivity index (χ3n) is 3.22. The Morgan fingerprint density at radius 3 is 3.00 bits per heavy atom. The molecule has 2 aromatic rings. The van der Waals surface area contributed by atoms with Crippen LogP contribution in [-0.4, -0.2) is 31.8 Å². The van der Waals surface area contributed by atoms with Crippen LogP contribution in [0.25, 0.3) is 11.1 Å². The molecule has 16 heavy (non-hydrogen) atoms. The predicted octanol–water partition coefficient (Wildman–Crippen LogP) is 1.32. The van der Waals surface area contributed by atoms with Crippen molar-refractivity contribution in [1.29, 1.82) is 0 Å². The average molecular weight is 218 g/mol. The zero-order valence-electron chi connectivity index (χ0n) is 9.19. The number of hydrogen-bond donors (Lipinski definition) is 1. The van der Waals surface area contributed by atoms with Crippen LogP contribution in [0, 0.1) is 0 Å². The molecule has 0 radical (unpaired) electrons. The highest BCUT2D eigenvalue weighted by Gasteiger charge is 2.39. The molecule has 4 heteroatoms. The summed E-state index contributed by atoms with van der Waals surface area (Å²) in [4.78, 5) is 4.12. The van der Waals surface area contributed by atoms with E-state index < -0.39 is 0 Å². The van der Waals surface area contributed by atoms with Crippen LogP contribution in [0.5, 0.6) is 0 Å². The van der Waals surface area contributed by atoms with E-state index in [0.29, 0.717) is 0 Å². The Labute approximate surface area is 93.6 Å². The molecular weight excluding hydrogens is 204 g/mol. The molecule has 1 aromatic carbocycles. The molecular formula is C12H14N2O2. The molecule has 0 aliphatic carbocycles. The molecule has 4 nitrogen and oxygen atoms in total. The highest BCUT2D eigenvalue weighted by Crippen LogP contribution is 2.33. The van der Waals surface area contributed by atoms with E-state index in [2.05, 4.69) is 22.4 Å². The van der Waals surface area contributed by atoms with Crippen LogP contribution >= 0.6 is 0 Å². The van der Waals surface area contributed by atoms with Crippen molar-refractivity contribution < 1.29 is 9.15 Å². The summed E-state index contributed by atoms with van der Waals surface area (Å²) in [5.41, 5.74) is 3.12. The quantitative estimate of drug-likeness (QED) is 0.844. The Morgan fingerprint density at radius 1 is 1.44 bits per heavy atom. The van der Waals surface area contributed by atoms with Gasteiger partial charge in [0.15, 0.2) is 12.0 Å². The lowest BCUT2D eigenvalue weighted by Crippen LogP contribution is -2.52. The molecule has 0 bridgehead atoms. The first kappa shape index (κ1) is 9.81. The maximum atomic E-state index is 5.35. The first-order valence-electron chi connectivity index (χ1n) is 5.40. The molecule has 1 fully saturated rings. The molecule has 84 valence electrons. The maximum Gasteiger partial charge on any atom is 0.181 e. The normalized spacial score (nSPS) is 18.6. The summed E-state index contributed by atoms with van der Waals surface area (Å²) in [5.74, 6) is 0. The van der Waals surface area contributed by atoms with Gasteiger partial charge in [-0.15, -0.1) is 0 Å². The van der Waals surface area contributed by atoms with Gasteiger partial charge in [-0.3, -0.25) is 0 Å². The van der Waals surface area contributed by atoms with Crippen LogP contribution in [0.2, 0.25) is 0 Å². The van der Waals surface area contributed by atoms with Crippen molar-refractivity contribution >= 4 is 11.1 Å². The number of fused-ring (bicyclic) bond motifs is 1. The fourth-order valence-electron chi connectivity index (χ4n) is 2.24. The van der Waals surface area contributed by atoms with E-state index in [1.807, 2.05) is 13.1 Å². The van der Waals surface area contributed by atoms with Gasteiger partial charge in [0.25, 0.3) is 0 Å². The molecule has 1 N–H and O–H groups in total. The Bertz CT molecular complexity index is 502. The van der Waals surface area contributed by atoms with Crippen LogP contribution in [0.1, 0.15) is 5.56 Å². The highest BCUT2D eigenvalue weighted by molar-refractivity contribution is 5.73. The monoisotopic (exact) mass is 218 g/mol. The minimum atomic E-state index is 0.107.